The largest absolute Gasteiger partial charge is 0.341 e. The molecule has 1 aliphatic carbocycles. The summed E-state index contributed by atoms with van der Waals surface area (Å²) in [5.41, 5.74) is -0.515. The molecular formula is C16H26N2O. The van der Waals surface area contributed by atoms with Crippen LogP contribution in [-0.2, 0) is 4.79 Å². The predicted molar refractivity (Wildman–Crippen MR) is 75.3 cm³/mol. The number of piperidine rings is 1. The van der Waals surface area contributed by atoms with Gasteiger partial charge in [0.1, 0.15) is 5.41 Å². The van der Waals surface area contributed by atoms with Crippen LogP contribution < -0.4 is 0 Å². The van der Waals surface area contributed by atoms with Gasteiger partial charge in [-0.15, -0.1) is 0 Å². The zero-order valence-electron chi connectivity index (χ0n) is 12.4. The molecule has 1 amide bonds. The number of carbonyl (C=O) groups is 1. The van der Waals surface area contributed by atoms with Crippen LogP contribution in [0.3, 0.4) is 0 Å². The smallest absolute Gasteiger partial charge is 0.243 e. The lowest BCUT2D eigenvalue weighted by Crippen LogP contribution is -2.49. The van der Waals surface area contributed by atoms with Crippen LogP contribution in [0.5, 0.6) is 0 Å². The van der Waals surface area contributed by atoms with Gasteiger partial charge in [-0.2, -0.15) is 5.26 Å². The highest BCUT2D eigenvalue weighted by molar-refractivity contribution is 5.85. The maximum absolute atomic E-state index is 12.9. The molecule has 1 aliphatic heterocycles. The van der Waals surface area contributed by atoms with Gasteiger partial charge < -0.3 is 4.90 Å². The third-order valence-corrected chi connectivity index (χ3v) is 4.77. The van der Waals surface area contributed by atoms with Crippen LogP contribution in [-0.4, -0.2) is 23.9 Å². The molecule has 1 saturated carbocycles. The summed E-state index contributed by atoms with van der Waals surface area (Å²) in [4.78, 5) is 14.8. The number of carbonyl (C=O) groups excluding carboxylic acids is 1. The van der Waals surface area contributed by atoms with E-state index in [9.17, 15) is 10.1 Å². The van der Waals surface area contributed by atoms with Crippen LogP contribution in [0.15, 0.2) is 0 Å². The van der Waals surface area contributed by atoms with Crippen molar-refractivity contribution in [2.75, 3.05) is 13.1 Å². The minimum atomic E-state index is -0.718. The monoisotopic (exact) mass is 262 g/mol. The van der Waals surface area contributed by atoms with Crippen molar-refractivity contribution in [1.82, 2.24) is 4.90 Å². The van der Waals surface area contributed by atoms with Gasteiger partial charge >= 0.3 is 0 Å². The number of rotatable bonds is 1. The van der Waals surface area contributed by atoms with E-state index in [-0.39, 0.29) is 11.3 Å². The standard InChI is InChI=1S/C16H26N2O/c1-15(2)8-7-11-18(13-15)14(19)16(12-17)9-5-3-4-6-10-16/h3-11,13H2,1-2H3. The molecule has 19 heavy (non-hydrogen) atoms. The first-order valence-corrected chi connectivity index (χ1v) is 7.70. The van der Waals surface area contributed by atoms with Gasteiger partial charge in [0.2, 0.25) is 5.91 Å². The van der Waals surface area contributed by atoms with Crippen LogP contribution in [0, 0.1) is 22.2 Å². The molecule has 106 valence electrons. The van der Waals surface area contributed by atoms with Crippen LogP contribution in [0.25, 0.3) is 0 Å². The summed E-state index contributed by atoms with van der Waals surface area (Å²) in [5, 5.41) is 9.60. The van der Waals surface area contributed by atoms with Gasteiger partial charge in [-0.3, -0.25) is 4.79 Å². The summed E-state index contributed by atoms with van der Waals surface area (Å²) in [5.74, 6) is 0.115. The third-order valence-electron chi connectivity index (χ3n) is 4.77. The second kappa shape index (κ2) is 5.53. The minimum absolute atomic E-state index is 0.115. The predicted octanol–water partition coefficient (Wildman–Crippen LogP) is 3.50. The van der Waals surface area contributed by atoms with E-state index < -0.39 is 5.41 Å². The van der Waals surface area contributed by atoms with Gasteiger partial charge in [0.05, 0.1) is 6.07 Å². The first-order chi connectivity index (χ1) is 8.99. The van der Waals surface area contributed by atoms with E-state index in [4.69, 9.17) is 0 Å². The Labute approximate surface area is 117 Å². The Kier molecular flexibility index (Phi) is 4.18. The fourth-order valence-electron chi connectivity index (χ4n) is 3.60. The molecular weight excluding hydrogens is 236 g/mol. The van der Waals surface area contributed by atoms with E-state index >= 15 is 0 Å². The molecule has 0 aromatic carbocycles. The molecule has 0 atom stereocenters. The zero-order chi connectivity index (χ0) is 13.9. The van der Waals surface area contributed by atoms with Gasteiger partial charge in [0, 0.05) is 13.1 Å². The lowest BCUT2D eigenvalue weighted by molar-refractivity contribution is -0.142. The van der Waals surface area contributed by atoms with E-state index in [1.54, 1.807) is 0 Å². The third kappa shape index (κ3) is 3.11. The summed E-state index contributed by atoms with van der Waals surface area (Å²) in [6.45, 7) is 6.10. The van der Waals surface area contributed by atoms with E-state index in [2.05, 4.69) is 19.9 Å². The number of amides is 1. The van der Waals surface area contributed by atoms with Crippen LogP contribution in [0.1, 0.15) is 65.2 Å². The molecule has 0 unspecified atom stereocenters. The Morgan fingerprint density at radius 2 is 1.68 bits per heavy atom. The molecule has 1 saturated heterocycles. The molecule has 2 rings (SSSR count). The summed E-state index contributed by atoms with van der Waals surface area (Å²) >= 11 is 0. The van der Waals surface area contributed by atoms with Crippen LogP contribution >= 0.6 is 0 Å². The van der Waals surface area contributed by atoms with Crippen LogP contribution in [0.4, 0.5) is 0 Å². The Hall–Kier alpha value is -1.04. The Balaban J connectivity index is 2.14. The normalized spacial score (nSPS) is 26.3. The highest BCUT2D eigenvalue weighted by Gasteiger charge is 2.43. The van der Waals surface area contributed by atoms with Crippen molar-refractivity contribution in [3.05, 3.63) is 0 Å². The van der Waals surface area contributed by atoms with E-state index in [1.807, 2.05) is 4.90 Å². The van der Waals surface area contributed by atoms with Gasteiger partial charge in [0.15, 0.2) is 0 Å². The summed E-state index contributed by atoms with van der Waals surface area (Å²) in [7, 11) is 0. The molecule has 3 nitrogen and oxygen atoms in total. The fourth-order valence-corrected chi connectivity index (χ4v) is 3.60. The Morgan fingerprint density at radius 1 is 1.05 bits per heavy atom. The summed E-state index contributed by atoms with van der Waals surface area (Å²) in [6, 6.07) is 2.39. The number of hydrogen-bond acceptors (Lipinski definition) is 2. The molecule has 0 spiro atoms. The Morgan fingerprint density at radius 3 is 2.21 bits per heavy atom. The molecule has 0 radical (unpaired) electrons. The maximum atomic E-state index is 12.9. The molecule has 0 aromatic rings. The zero-order valence-corrected chi connectivity index (χ0v) is 12.4. The second-order valence-electron chi connectivity index (χ2n) is 7.10. The molecule has 2 fully saturated rings. The summed E-state index contributed by atoms with van der Waals surface area (Å²) < 4.78 is 0. The quantitative estimate of drug-likeness (QED) is 0.679. The lowest BCUT2D eigenvalue weighted by atomic mass is 9.78. The van der Waals surface area contributed by atoms with Crippen molar-refractivity contribution in [1.29, 1.82) is 5.26 Å². The number of nitrogens with zero attached hydrogens (tertiary/aromatic N) is 2. The van der Waals surface area contributed by atoms with Crippen molar-refractivity contribution >= 4 is 5.91 Å². The fraction of sp³-hybridized carbons (Fsp3) is 0.875. The highest BCUT2D eigenvalue weighted by Crippen LogP contribution is 2.38. The van der Waals surface area contributed by atoms with E-state index in [1.165, 1.54) is 19.3 Å². The minimum Gasteiger partial charge on any atom is -0.341 e. The lowest BCUT2D eigenvalue weighted by Gasteiger charge is -2.41. The first-order valence-electron chi connectivity index (χ1n) is 7.70. The van der Waals surface area contributed by atoms with Crippen LogP contribution in [0.2, 0.25) is 0 Å². The second-order valence-corrected chi connectivity index (χ2v) is 7.10. The van der Waals surface area contributed by atoms with Gasteiger partial charge in [0.25, 0.3) is 0 Å². The maximum Gasteiger partial charge on any atom is 0.243 e. The molecule has 0 bridgehead atoms. The number of likely N-dealkylation sites (tertiary alicyclic amines) is 1. The van der Waals surface area contributed by atoms with Gasteiger partial charge in [-0.25, -0.2) is 0 Å². The molecule has 0 aromatic heterocycles. The van der Waals surface area contributed by atoms with E-state index in [0.29, 0.717) is 0 Å². The summed E-state index contributed by atoms with van der Waals surface area (Å²) in [6.07, 6.45) is 8.16. The average Bonchev–Trinajstić information content (AvgIpc) is 2.63. The molecule has 3 heteroatoms. The molecule has 2 aliphatic rings. The average molecular weight is 262 g/mol. The first kappa shape index (κ1) is 14.4. The van der Waals surface area contributed by atoms with Crippen molar-refractivity contribution in [3.63, 3.8) is 0 Å². The number of hydrogen-bond donors (Lipinski definition) is 0. The number of nitriles is 1. The van der Waals surface area contributed by atoms with Crippen molar-refractivity contribution in [2.24, 2.45) is 10.8 Å². The topological polar surface area (TPSA) is 44.1 Å². The molecule has 1 heterocycles. The highest BCUT2D eigenvalue weighted by atomic mass is 16.2. The SMILES string of the molecule is CC1(C)CCCN(C(=O)C2(C#N)CCCCCC2)C1. The van der Waals surface area contributed by atoms with Crippen molar-refractivity contribution in [3.8, 4) is 6.07 Å². The molecule has 0 N–H and O–H groups in total. The Bertz CT molecular complexity index is 373. The van der Waals surface area contributed by atoms with Crippen molar-refractivity contribution < 1.29 is 4.79 Å². The van der Waals surface area contributed by atoms with Gasteiger partial charge in [-0.05, 0) is 31.1 Å². The van der Waals surface area contributed by atoms with E-state index in [0.717, 1.165) is 45.2 Å². The van der Waals surface area contributed by atoms with Crippen molar-refractivity contribution in [2.45, 2.75) is 65.2 Å². The van der Waals surface area contributed by atoms with Gasteiger partial charge in [-0.1, -0.05) is 39.5 Å².